The molecule has 2 rings (SSSR count). The first-order valence-electron chi connectivity index (χ1n) is 6.70. The van der Waals surface area contributed by atoms with Crippen molar-refractivity contribution in [2.75, 3.05) is 12.8 Å². The van der Waals surface area contributed by atoms with E-state index in [1.54, 1.807) is 30.2 Å². The summed E-state index contributed by atoms with van der Waals surface area (Å²) in [6.07, 6.45) is 0. The molecule has 1 heterocycles. The summed E-state index contributed by atoms with van der Waals surface area (Å²) in [6.45, 7) is 5.58. The van der Waals surface area contributed by atoms with Gasteiger partial charge in [-0.1, -0.05) is 0 Å². The number of halogens is 1. The van der Waals surface area contributed by atoms with Crippen molar-refractivity contribution in [3.05, 3.63) is 51.0 Å². The third kappa shape index (κ3) is 3.08. The number of benzene rings is 1. The molecule has 0 saturated heterocycles. The van der Waals surface area contributed by atoms with E-state index in [1.165, 1.54) is 17.0 Å². The average Bonchev–Trinajstić information content (AvgIpc) is 2.88. The van der Waals surface area contributed by atoms with Gasteiger partial charge in [-0.3, -0.25) is 4.79 Å². The molecule has 0 fully saturated rings. The maximum atomic E-state index is 13.7. The Morgan fingerprint density at radius 1 is 1.33 bits per heavy atom. The molecule has 0 aliphatic rings. The van der Waals surface area contributed by atoms with Crippen molar-refractivity contribution in [2.45, 2.75) is 26.8 Å². The molecule has 1 amide bonds. The fraction of sp³-hybridized carbons (Fsp3) is 0.312. The van der Waals surface area contributed by atoms with Gasteiger partial charge in [-0.25, -0.2) is 4.39 Å². The van der Waals surface area contributed by atoms with E-state index in [-0.39, 0.29) is 17.5 Å². The molecule has 112 valence electrons. The molecule has 21 heavy (non-hydrogen) atoms. The Morgan fingerprint density at radius 3 is 2.52 bits per heavy atom. The van der Waals surface area contributed by atoms with Crippen LogP contribution in [-0.4, -0.2) is 17.9 Å². The monoisotopic (exact) mass is 306 g/mol. The molecule has 2 N–H and O–H groups in total. The van der Waals surface area contributed by atoms with Crippen molar-refractivity contribution in [2.24, 2.45) is 0 Å². The Balaban J connectivity index is 2.27. The first kappa shape index (κ1) is 15.5. The van der Waals surface area contributed by atoms with Crippen molar-refractivity contribution in [3.63, 3.8) is 0 Å². The summed E-state index contributed by atoms with van der Waals surface area (Å²) >= 11 is 1.65. The van der Waals surface area contributed by atoms with Crippen LogP contribution in [0.2, 0.25) is 0 Å². The van der Waals surface area contributed by atoms with E-state index >= 15 is 0 Å². The van der Waals surface area contributed by atoms with Gasteiger partial charge in [0.05, 0.1) is 6.04 Å². The molecule has 0 aliphatic carbocycles. The van der Waals surface area contributed by atoms with Crippen LogP contribution in [0.15, 0.2) is 24.3 Å². The fourth-order valence-corrected chi connectivity index (χ4v) is 3.04. The van der Waals surface area contributed by atoms with Gasteiger partial charge in [-0.15, -0.1) is 11.3 Å². The Hall–Kier alpha value is -1.88. The summed E-state index contributed by atoms with van der Waals surface area (Å²) < 4.78 is 13.7. The molecule has 1 aromatic heterocycles. The number of carbonyl (C=O) groups excluding carboxylic acids is 1. The lowest BCUT2D eigenvalue weighted by Crippen LogP contribution is -2.29. The molecule has 0 saturated carbocycles. The van der Waals surface area contributed by atoms with Gasteiger partial charge in [0.1, 0.15) is 5.82 Å². The van der Waals surface area contributed by atoms with E-state index in [4.69, 9.17) is 5.73 Å². The largest absolute Gasteiger partial charge is 0.398 e. The second-order valence-corrected chi connectivity index (χ2v) is 6.53. The highest BCUT2D eigenvalue weighted by Gasteiger charge is 2.21. The van der Waals surface area contributed by atoms with Crippen LogP contribution in [0.1, 0.15) is 38.6 Å². The van der Waals surface area contributed by atoms with Crippen molar-refractivity contribution >= 4 is 22.9 Å². The summed E-state index contributed by atoms with van der Waals surface area (Å²) in [4.78, 5) is 16.4. The number of hydrogen-bond donors (Lipinski definition) is 1. The van der Waals surface area contributed by atoms with Crippen LogP contribution in [-0.2, 0) is 0 Å². The normalized spacial score (nSPS) is 12.2. The van der Waals surface area contributed by atoms with Gasteiger partial charge in [-0.2, -0.15) is 0 Å². The summed E-state index contributed by atoms with van der Waals surface area (Å²) in [5, 5.41) is 0. The lowest BCUT2D eigenvalue weighted by molar-refractivity contribution is 0.0744. The molecular formula is C16H19FN2OS. The lowest BCUT2D eigenvalue weighted by Gasteiger charge is -2.24. The Kier molecular flexibility index (Phi) is 4.32. The highest BCUT2D eigenvalue weighted by atomic mass is 32.1. The van der Waals surface area contributed by atoms with Crippen molar-refractivity contribution in [3.8, 4) is 0 Å². The molecule has 0 spiro atoms. The van der Waals surface area contributed by atoms with Gasteiger partial charge in [0.15, 0.2) is 0 Å². The maximum Gasteiger partial charge on any atom is 0.254 e. The number of thiophene rings is 1. The molecule has 5 heteroatoms. The third-order valence-electron chi connectivity index (χ3n) is 3.71. The van der Waals surface area contributed by atoms with E-state index in [2.05, 4.69) is 0 Å². The van der Waals surface area contributed by atoms with Crippen LogP contribution in [0.25, 0.3) is 0 Å². The van der Waals surface area contributed by atoms with Crippen molar-refractivity contribution < 1.29 is 9.18 Å². The van der Waals surface area contributed by atoms with E-state index < -0.39 is 5.82 Å². The van der Waals surface area contributed by atoms with E-state index in [0.29, 0.717) is 11.3 Å². The van der Waals surface area contributed by atoms with Gasteiger partial charge >= 0.3 is 0 Å². The number of aryl methyl sites for hydroxylation is 1. The standard InChI is InChI=1S/C16H19FN2OS/c1-9-5-6-15(21-9)11(3)19(4)16(20)12-7-13(17)10(2)14(18)8-12/h5-8,11H,18H2,1-4H3. The number of nitrogen functional groups attached to an aromatic ring is 1. The molecule has 3 nitrogen and oxygen atoms in total. The van der Waals surface area contributed by atoms with Crippen LogP contribution < -0.4 is 5.73 Å². The van der Waals surface area contributed by atoms with Gasteiger partial charge in [0, 0.05) is 33.6 Å². The number of anilines is 1. The first-order valence-corrected chi connectivity index (χ1v) is 7.52. The number of amides is 1. The Labute approximate surface area is 128 Å². The summed E-state index contributed by atoms with van der Waals surface area (Å²) in [6, 6.07) is 6.75. The van der Waals surface area contributed by atoms with Gasteiger partial charge in [0.2, 0.25) is 0 Å². The zero-order chi connectivity index (χ0) is 15.7. The highest BCUT2D eigenvalue weighted by Crippen LogP contribution is 2.28. The molecule has 0 aliphatic heterocycles. The van der Waals surface area contributed by atoms with E-state index in [9.17, 15) is 9.18 Å². The molecule has 2 aromatic rings. The molecule has 1 aromatic carbocycles. The minimum atomic E-state index is -0.452. The Morgan fingerprint density at radius 2 is 2.00 bits per heavy atom. The lowest BCUT2D eigenvalue weighted by atomic mass is 10.1. The minimum Gasteiger partial charge on any atom is -0.398 e. The fourth-order valence-electron chi connectivity index (χ4n) is 2.07. The van der Waals surface area contributed by atoms with E-state index in [1.807, 2.05) is 26.0 Å². The smallest absolute Gasteiger partial charge is 0.254 e. The average molecular weight is 306 g/mol. The first-order chi connectivity index (χ1) is 9.81. The molecule has 0 bridgehead atoms. The van der Waals surface area contributed by atoms with Crippen LogP contribution in [0.5, 0.6) is 0 Å². The number of nitrogens with two attached hydrogens (primary N) is 1. The van der Waals surface area contributed by atoms with Gasteiger partial charge in [0.25, 0.3) is 5.91 Å². The Bertz CT molecular complexity index is 658. The summed E-state index contributed by atoms with van der Waals surface area (Å²) in [7, 11) is 1.72. The SMILES string of the molecule is Cc1ccc(C(C)N(C)C(=O)c2cc(N)c(C)c(F)c2)s1. The number of hydrogen-bond acceptors (Lipinski definition) is 3. The van der Waals surface area contributed by atoms with Crippen LogP contribution >= 0.6 is 11.3 Å². The zero-order valence-electron chi connectivity index (χ0n) is 12.6. The van der Waals surface area contributed by atoms with Crippen LogP contribution in [0.3, 0.4) is 0 Å². The summed E-state index contributed by atoms with van der Waals surface area (Å²) in [5.74, 6) is -0.689. The number of rotatable bonds is 3. The van der Waals surface area contributed by atoms with Crippen molar-refractivity contribution in [1.82, 2.24) is 4.90 Å². The number of nitrogens with zero attached hydrogens (tertiary/aromatic N) is 1. The molecule has 0 radical (unpaired) electrons. The molecule has 1 unspecified atom stereocenters. The molecule has 1 atom stereocenters. The maximum absolute atomic E-state index is 13.7. The van der Waals surface area contributed by atoms with E-state index in [0.717, 1.165) is 4.88 Å². The second kappa shape index (κ2) is 5.85. The zero-order valence-corrected chi connectivity index (χ0v) is 13.4. The predicted octanol–water partition coefficient (Wildman–Crippen LogP) is 3.92. The van der Waals surface area contributed by atoms with Gasteiger partial charge in [-0.05, 0) is 45.0 Å². The second-order valence-electron chi connectivity index (χ2n) is 5.21. The minimum absolute atomic E-state index is 0.0678. The van der Waals surface area contributed by atoms with Crippen molar-refractivity contribution in [1.29, 1.82) is 0 Å². The van der Waals surface area contributed by atoms with Gasteiger partial charge < -0.3 is 10.6 Å². The highest BCUT2D eigenvalue weighted by molar-refractivity contribution is 7.12. The van der Waals surface area contributed by atoms with Crippen LogP contribution in [0.4, 0.5) is 10.1 Å². The summed E-state index contributed by atoms with van der Waals surface area (Å²) in [5.41, 5.74) is 6.69. The number of carbonyl (C=O) groups is 1. The predicted molar refractivity (Wildman–Crippen MR) is 85.1 cm³/mol. The quantitative estimate of drug-likeness (QED) is 0.874. The van der Waals surface area contributed by atoms with Crippen LogP contribution in [0, 0.1) is 19.7 Å². The third-order valence-corrected chi connectivity index (χ3v) is 4.88. The molecular weight excluding hydrogens is 287 g/mol. The topological polar surface area (TPSA) is 46.3 Å².